The van der Waals surface area contributed by atoms with E-state index in [0.29, 0.717) is 22.9 Å². The number of aromatic nitrogens is 5. The number of nitrogens with one attached hydrogen (secondary N) is 2. The summed E-state index contributed by atoms with van der Waals surface area (Å²) in [7, 11) is 0. The van der Waals surface area contributed by atoms with Crippen LogP contribution in [0.3, 0.4) is 0 Å². The fourth-order valence-electron chi connectivity index (χ4n) is 2.84. The number of rotatable bonds is 8. The first-order valence-corrected chi connectivity index (χ1v) is 9.17. The van der Waals surface area contributed by atoms with Crippen LogP contribution >= 0.6 is 0 Å². The molecule has 7 nitrogen and oxygen atoms in total. The lowest BCUT2D eigenvalue weighted by molar-refractivity contribution is 0.629. The minimum absolute atomic E-state index is 0.350. The van der Waals surface area contributed by atoms with Gasteiger partial charge in [-0.25, -0.2) is 9.37 Å². The van der Waals surface area contributed by atoms with Gasteiger partial charge >= 0.3 is 0 Å². The van der Waals surface area contributed by atoms with Gasteiger partial charge in [-0.3, -0.25) is 0 Å². The van der Waals surface area contributed by atoms with Crippen LogP contribution in [0.4, 0.5) is 16.0 Å². The Morgan fingerprint density at radius 3 is 2.39 bits per heavy atom. The zero-order valence-corrected chi connectivity index (χ0v) is 15.2. The van der Waals surface area contributed by atoms with E-state index in [0.717, 1.165) is 31.7 Å². The number of halogens is 1. The molecular weight excluding hydrogens is 357 g/mol. The van der Waals surface area contributed by atoms with E-state index < -0.39 is 0 Å². The molecule has 3 heterocycles. The second kappa shape index (κ2) is 8.43. The summed E-state index contributed by atoms with van der Waals surface area (Å²) in [6, 6.07) is 15.9. The standard InChI is InChI=1S/C20H20FN7/c21-16-8-2-1-7-15(16)20-26-25-19-11-10-18(27-28(19)20)24-14-6-5-13-23-17-9-3-4-12-22-17/h1-4,7-12H,5-6,13-14H2,(H,22,23)(H,24,27). The number of anilines is 2. The number of benzene rings is 1. The van der Waals surface area contributed by atoms with Crippen LogP contribution in [0.25, 0.3) is 17.0 Å². The van der Waals surface area contributed by atoms with Crippen molar-refractivity contribution in [3.05, 3.63) is 66.6 Å². The molecule has 0 aliphatic carbocycles. The van der Waals surface area contributed by atoms with Crippen molar-refractivity contribution in [3.63, 3.8) is 0 Å². The number of pyridine rings is 1. The molecule has 0 unspecified atom stereocenters. The molecule has 0 radical (unpaired) electrons. The zero-order chi connectivity index (χ0) is 19.2. The van der Waals surface area contributed by atoms with Crippen molar-refractivity contribution < 1.29 is 4.39 Å². The summed E-state index contributed by atoms with van der Waals surface area (Å²) in [6.45, 7) is 1.63. The topological polar surface area (TPSA) is 80.0 Å². The van der Waals surface area contributed by atoms with Crippen LogP contribution in [-0.4, -0.2) is 37.9 Å². The average molecular weight is 377 g/mol. The molecule has 0 saturated carbocycles. The minimum Gasteiger partial charge on any atom is -0.370 e. The second-order valence-corrected chi connectivity index (χ2v) is 6.27. The third kappa shape index (κ3) is 4.06. The van der Waals surface area contributed by atoms with E-state index in [1.807, 2.05) is 30.3 Å². The Labute approximate surface area is 161 Å². The fraction of sp³-hybridized carbons (Fsp3) is 0.200. The Bertz CT molecular complexity index is 1050. The third-order valence-corrected chi connectivity index (χ3v) is 4.26. The maximum Gasteiger partial charge on any atom is 0.188 e. The van der Waals surface area contributed by atoms with Gasteiger partial charge in [-0.2, -0.15) is 4.52 Å². The van der Waals surface area contributed by atoms with Gasteiger partial charge < -0.3 is 10.6 Å². The quantitative estimate of drug-likeness (QED) is 0.457. The Morgan fingerprint density at radius 1 is 0.821 bits per heavy atom. The molecule has 0 aliphatic heterocycles. The van der Waals surface area contributed by atoms with Gasteiger partial charge in [0.1, 0.15) is 17.5 Å². The smallest absolute Gasteiger partial charge is 0.188 e. The van der Waals surface area contributed by atoms with Crippen molar-refractivity contribution >= 4 is 17.3 Å². The lowest BCUT2D eigenvalue weighted by Gasteiger charge is -2.08. The molecule has 0 saturated heterocycles. The molecular formula is C20H20FN7. The Balaban J connectivity index is 1.34. The minimum atomic E-state index is -0.350. The van der Waals surface area contributed by atoms with Crippen molar-refractivity contribution in [2.75, 3.05) is 23.7 Å². The third-order valence-electron chi connectivity index (χ3n) is 4.26. The Kier molecular flexibility index (Phi) is 5.37. The predicted molar refractivity (Wildman–Crippen MR) is 107 cm³/mol. The van der Waals surface area contributed by atoms with Crippen LogP contribution < -0.4 is 10.6 Å². The van der Waals surface area contributed by atoms with Gasteiger partial charge in [0.2, 0.25) is 0 Å². The van der Waals surface area contributed by atoms with E-state index in [4.69, 9.17) is 0 Å². The largest absolute Gasteiger partial charge is 0.370 e. The highest BCUT2D eigenvalue weighted by Crippen LogP contribution is 2.21. The van der Waals surface area contributed by atoms with Gasteiger partial charge in [-0.1, -0.05) is 18.2 Å². The number of unbranched alkanes of at least 4 members (excludes halogenated alkanes) is 1. The summed E-state index contributed by atoms with van der Waals surface area (Å²) < 4.78 is 15.6. The van der Waals surface area contributed by atoms with Crippen LogP contribution in [0, 0.1) is 5.82 Å². The molecule has 0 amide bonds. The molecule has 1 aromatic carbocycles. The van der Waals surface area contributed by atoms with Gasteiger partial charge in [-0.15, -0.1) is 15.3 Å². The number of hydrogen-bond donors (Lipinski definition) is 2. The van der Waals surface area contributed by atoms with Crippen LogP contribution in [-0.2, 0) is 0 Å². The van der Waals surface area contributed by atoms with Crippen LogP contribution in [0.15, 0.2) is 60.8 Å². The molecule has 2 N–H and O–H groups in total. The number of nitrogens with zero attached hydrogens (tertiary/aromatic N) is 5. The van der Waals surface area contributed by atoms with Gasteiger partial charge in [-0.05, 0) is 49.2 Å². The van der Waals surface area contributed by atoms with Gasteiger partial charge in [0, 0.05) is 19.3 Å². The summed E-state index contributed by atoms with van der Waals surface area (Å²) in [5, 5.41) is 19.2. The van der Waals surface area contributed by atoms with Crippen LogP contribution in [0.2, 0.25) is 0 Å². The summed E-state index contributed by atoms with van der Waals surface area (Å²) in [6.07, 6.45) is 3.74. The van der Waals surface area contributed by atoms with Crippen molar-refractivity contribution in [2.45, 2.75) is 12.8 Å². The van der Waals surface area contributed by atoms with Crippen molar-refractivity contribution in [1.82, 2.24) is 24.8 Å². The molecule has 4 rings (SSSR count). The second-order valence-electron chi connectivity index (χ2n) is 6.27. The summed E-state index contributed by atoms with van der Waals surface area (Å²) >= 11 is 0. The van der Waals surface area contributed by atoms with Crippen molar-refractivity contribution in [2.24, 2.45) is 0 Å². The summed E-state index contributed by atoms with van der Waals surface area (Å²) in [4.78, 5) is 4.23. The van der Waals surface area contributed by atoms with E-state index in [-0.39, 0.29) is 5.82 Å². The molecule has 4 aromatic rings. The highest BCUT2D eigenvalue weighted by atomic mass is 19.1. The Morgan fingerprint density at radius 2 is 1.61 bits per heavy atom. The predicted octanol–water partition coefficient (Wildman–Crippen LogP) is 3.63. The fourth-order valence-corrected chi connectivity index (χ4v) is 2.84. The first kappa shape index (κ1) is 17.8. The highest BCUT2D eigenvalue weighted by molar-refractivity contribution is 5.60. The SMILES string of the molecule is Fc1ccccc1-c1nnc2ccc(NCCCCNc3ccccn3)nn12. The molecule has 8 heteroatoms. The maximum absolute atomic E-state index is 14.1. The monoisotopic (exact) mass is 377 g/mol. The number of fused-ring (bicyclic) bond motifs is 1. The van der Waals surface area contributed by atoms with E-state index in [1.54, 1.807) is 28.9 Å². The van der Waals surface area contributed by atoms with Gasteiger partial charge in [0.05, 0.1) is 5.56 Å². The van der Waals surface area contributed by atoms with Crippen molar-refractivity contribution in [1.29, 1.82) is 0 Å². The Hall–Kier alpha value is -3.55. The van der Waals surface area contributed by atoms with Gasteiger partial charge in [0.25, 0.3) is 0 Å². The first-order chi connectivity index (χ1) is 13.8. The van der Waals surface area contributed by atoms with Crippen LogP contribution in [0.5, 0.6) is 0 Å². The maximum atomic E-state index is 14.1. The van der Waals surface area contributed by atoms with Crippen LogP contribution in [0.1, 0.15) is 12.8 Å². The molecule has 0 spiro atoms. The molecule has 0 fully saturated rings. The van der Waals surface area contributed by atoms with Gasteiger partial charge in [0.15, 0.2) is 11.5 Å². The molecule has 0 bridgehead atoms. The molecule has 28 heavy (non-hydrogen) atoms. The lowest BCUT2D eigenvalue weighted by Crippen LogP contribution is -2.09. The number of hydrogen-bond acceptors (Lipinski definition) is 6. The molecule has 0 aliphatic rings. The lowest BCUT2D eigenvalue weighted by atomic mass is 10.2. The normalized spacial score (nSPS) is 10.9. The van der Waals surface area contributed by atoms with Crippen molar-refractivity contribution in [3.8, 4) is 11.4 Å². The molecule has 0 atom stereocenters. The van der Waals surface area contributed by atoms with E-state index >= 15 is 0 Å². The average Bonchev–Trinajstić information content (AvgIpc) is 3.15. The van der Waals surface area contributed by atoms with E-state index in [2.05, 4.69) is 30.9 Å². The van der Waals surface area contributed by atoms with E-state index in [1.165, 1.54) is 6.07 Å². The van der Waals surface area contributed by atoms with E-state index in [9.17, 15) is 4.39 Å². The zero-order valence-electron chi connectivity index (χ0n) is 15.2. The summed E-state index contributed by atoms with van der Waals surface area (Å²) in [5.74, 6) is 1.62. The summed E-state index contributed by atoms with van der Waals surface area (Å²) in [5.41, 5.74) is 0.948. The molecule has 3 aromatic heterocycles. The highest BCUT2D eigenvalue weighted by Gasteiger charge is 2.13. The molecule has 142 valence electrons. The first-order valence-electron chi connectivity index (χ1n) is 9.17.